The van der Waals surface area contributed by atoms with Crippen molar-refractivity contribution in [2.75, 3.05) is 0 Å². The first kappa shape index (κ1) is 3.76. The first-order chi connectivity index (χ1) is 3.00. The molecular formula is C4H4NP. The number of aromatic nitrogens is 1. The largest absolute Gasteiger partial charge is 0.264 e. The predicted octanol–water partition coefficient (Wildman–Crippen LogP) is 1.66. The van der Waals surface area contributed by atoms with Gasteiger partial charge in [-0.1, -0.05) is 8.19 Å². The number of hydrogen-bond donors (Lipinski definition) is 0. The lowest BCUT2D eigenvalue weighted by atomic mass is 10.9. The first-order valence-corrected chi connectivity index (χ1v) is 2.73. The smallest absolute Gasteiger partial charge is 0.0313 e. The van der Waals surface area contributed by atoms with Crippen molar-refractivity contribution < 1.29 is 0 Å². The van der Waals surface area contributed by atoms with Crippen molar-refractivity contribution in [3.8, 4) is 0 Å². The zero-order valence-electron chi connectivity index (χ0n) is 3.20. The van der Waals surface area contributed by atoms with Crippen LogP contribution in [0.1, 0.15) is 0 Å². The molecule has 0 aliphatic heterocycles. The standard InChI is InChI=1S/C4H4NP/c1-3-6-4-2-5-1/h1-4H. The van der Waals surface area contributed by atoms with Crippen LogP contribution in [0.25, 0.3) is 0 Å². The molecule has 1 heterocycles. The maximum atomic E-state index is 3.81. The first-order valence-electron chi connectivity index (χ1n) is 1.70. The van der Waals surface area contributed by atoms with E-state index in [9.17, 15) is 0 Å². The number of nitrogens with zero attached hydrogens (tertiary/aromatic N) is 1. The molecule has 0 saturated heterocycles. The van der Waals surface area contributed by atoms with E-state index < -0.39 is 0 Å². The van der Waals surface area contributed by atoms with Gasteiger partial charge in [-0.2, -0.15) is 0 Å². The molecule has 1 aromatic rings. The van der Waals surface area contributed by atoms with E-state index in [4.69, 9.17) is 0 Å². The van der Waals surface area contributed by atoms with Crippen LogP contribution < -0.4 is 0 Å². The van der Waals surface area contributed by atoms with Gasteiger partial charge in [-0.25, -0.2) is 0 Å². The fraction of sp³-hybridized carbons (Fsp3) is 0. The minimum absolute atomic E-state index is 1.24. The van der Waals surface area contributed by atoms with Gasteiger partial charge in [-0.15, -0.1) is 0 Å². The zero-order valence-corrected chi connectivity index (χ0v) is 4.10. The minimum Gasteiger partial charge on any atom is -0.264 e. The molecule has 0 unspecified atom stereocenters. The molecule has 0 fully saturated rings. The summed E-state index contributed by atoms with van der Waals surface area (Å²) in [6.07, 6.45) is 3.59. The topological polar surface area (TPSA) is 12.9 Å². The molecule has 0 N–H and O–H groups in total. The van der Waals surface area contributed by atoms with Crippen molar-refractivity contribution in [1.29, 1.82) is 0 Å². The fourth-order valence-electron chi connectivity index (χ4n) is 0.253. The Balaban J connectivity index is 3.00. The monoisotopic (exact) mass is 97.0 g/mol. The quantitative estimate of drug-likeness (QED) is 0.479. The second kappa shape index (κ2) is 1.89. The lowest BCUT2D eigenvalue weighted by Gasteiger charge is -1.69. The van der Waals surface area contributed by atoms with Gasteiger partial charge in [0, 0.05) is 12.4 Å². The Hall–Kier alpha value is -0.420. The van der Waals surface area contributed by atoms with Gasteiger partial charge in [0.2, 0.25) is 0 Å². The Labute approximate surface area is 38.1 Å². The van der Waals surface area contributed by atoms with Crippen molar-refractivity contribution >= 4 is 8.19 Å². The summed E-state index contributed by atoms with van der Waals surface area (Å²) in [7, 11) is 1.24. The van der Waals surface area contributed by atoms with Crippen LogP contribution in [0, 0.1) is 0 Å². The van der Waals surface area contributed by atoms with E-state index in [1.807, 2.05) is 11.6 Å². The van der Waals surface area contributed by atoms with Crippen LogP contribution in [0.2, 0.25) is 0 Å². The van der Waals surface area contributed by atoms with Crippen LogP contribution >= 0.6 is 8.19 Å². The molecule has 0 bridgehead atoms. The fourth-order valence-corrected chi connectivity index (χ4v) is 0.661. The molecule has 6 heavy (non-hydrogen) atoms. The van der Waals surface area contributed by atoms with Gasteiger partial charge in [0.05, 0.1) is 0 Å². The highest BCUT2D eigenvalue weighted by Crippen LogP contribution is 1.95. The molecule has 0 aromatic carbocycles. The number of rotatable bonds is 0. The highest BCUT2D eigenvalue weighted by molar-refractivity contribution is 7.28. The molecule has 0 atom stereocenters. The van der Waals surface area contributed by atoms with Crippen molar-refractivity contribution in [2.24, 2.45) is 0 Å². The van der Waals surface area contributed by atoms with E-state index in [0.29, 0.717) is 0 Å². The average molecular weight is 97.1 g/mol. The van der Waals surface area contributed by atoms with Crippen LogP contribution in [0.5, 0.6) is 0 Å². The maximum absolute atomic E-state index is 3.81. The van der Waals surface area contributed by atoms with Crippen LogP contribution in [0.15, 0.2) is 24.0 Å². The van der Waals surface area contributed by atoms with Crippen molar-refractivity contribution in [1.82, 2.24) is 4.98 Å². The second-order valence-electron chi connectivity index (χ2n) is 0.894. The van der Waals surface area contributed by atoms with Crippen LogP contribution in [0.4, 0.5) is 0 Å². The third-order valence-corrected chi connectivity index (χ3v) is 1.09. The molecule has 0 aliphatic carbocycles. The minimum atomic E-state index is 1.24. The van der Waals surface area contributed by atoms with Gasteiger partial charge in [-0.3, -0.25) is 4.98 Å². The molecule has 0 radical (unpaired) electrons. The lowest BCUT2D eigenvalue weighted by molar-refractivity contribution is 1.37. The van der Waals surface area contributed by atoms with Gasteiger partial charge >= 0.3 is 0 Å². The van der Waals surface area contributed by atoms with E-state index in [1.165, 1.54) is 8.19 Å². The van der Waals surface area contributed by atoms with Crippen molar-refractivity contribution in [3.63, 3.8) is 0 Å². The summed E-state index contributed by atoms with van der Waals surface area (Å²) in [5.74, 6) is 3.97. The van der Waals surface area contributed by atoms with Crippen molar-refractivity contribution in [3.05, 3.63) is 24.0 Å². The molecule has 0 spiro atoms. The Bertz CT molecular complexity index is 79.5. The van der Waals surface area contributed by atoms with Crippen molar-refractivity contribution in [2.45, 2.75) is 0 Å². The molecule has 0 amide bonds. The molecule has 1 aromatic heterocycles. The molecule has 2 heteroatoms. The zero-order chi connectivity index (χ0) is 4.24. The summed E-state index contributed by atoms with van der Waals surface area (Å²) >= 11 is 0. The van der Waals surface area contributed by atoms with E-state index in [2.05, 4.69) is 4.98 Å². The SMILES string of the molecule is c1cpccn1. The lowest BCUT2D eigenvalue weighted by Crippen LogP contribution is -1.53. The molecular weight excluding hydrogens is 93.0 g/mol. The molecule has 0 aliphatic rings. The highest BCUT2D eigenvalue weighted by Gasteiger charge is 1.59. The summed E-state index contributed by atoms with van der Waals surface area (Å²) in [4.78, 5) is 3.81. The summed E-state index contributed by atoms with van der Waals surface area (Å²) < 4.78 is 0. The predicted molar refractivity (Wildman–Crippen MR) is 26.8 cm³/mol. The Morgan fingerprint density at radius 3 is 2.00 bits per heavy atom. The van der Waals surface area contributed by atoms with Gasteiger partial charge in [-0.05, 0) is 11.6 Å². The average Bonchev–Trinajstić information content (AvgIpc) is 1.72. The second-order valence-corrected chi connectivity index (χ2v) is 1.79. The molecule has 0 saturated carbocycles. The Morgan fingerprint density at radius 1 is 1.17 bits per heavy atom. The third kappa shape index (κ3) is 0.765. The van der Waals surface area contributed by atoms with E-state index in [-0.39, 0.29) is 0 Å². The van der Waals surface area contributed by atoms with E-state index >= 15 is 0 Å². The van der Waals surface area contributed by atoms with Gasteiger partial charge in [0.15, 0.2) is 0 Å². The molecule has 1 rings (SSSR count). The summed E-state index contributed by atoms with van der Waals surface area (Å²) in [6, 6.07) is 0. The van der Waals surface area contributed by atoms with E-state index in [0.717, 1.165) is 0 Å². The molecule has 1 nitrogen and oxygen atoms in total. The molecule has 30 valence electrons. The van der Waals surface area contributed by atoms with Gasteiger partial charge in [0.1, 0.15) is 0 Å². The summed E-state index contributed by atoms with van der Waals surface area (Å²) in [6.45, 7) is 0. The Kier molecular flexibility index (Phi) is 1.18. The van der Waals surface area contributed by atoms with Crippen LogP contribution in [0.3, 0.4) is 0 Å². The van der Waals surface area contributed by atoms with E-state index in [1.54, 1.807) is 12.4 Å². The van der Waals surface area contributed by atoms with Crippen LogP contribution in [-0.2, 0) is 0 Å². The summed E-state index contributed by atoms with van der Waals surface area (Å²) in [5.41, 5.74) is 0. The van der Waals surface area contributed by atoms with Crippen LogP contribution in [-0.4, -0.2) is 4.98 Å². The number of hydrogen-bond acceptors (Lipinski definition) is 1. The third-order valence-electron chi connectivity index (χ3n) is 0.478. The highest BCUT2D eigenvalue weighted by atomic mass is 31.0. The Morgan fingerprint density at radius 2 is 1.83 bits per heavy atom. The normalized spacial score (nSPS) is 8.00. The van der Waals surface area contributed by atoms with Gasteiger partial charge in [0.25, 0.3) is 0 Å². The van der Waals surface area contributed by atoms with Gasteiger partial charge < -0.3 is 0 Å². The summed E-state index contributed by atoms with van der Waals surface area (Å²) in [5, 5.41) is 0. The maximum Gasteiger partial charge on any atom is 0.0313 e.